The van der Waals surface area contributed by atoms with Crippen molar-refractivity contribution in [3.8, 4) is 0 Å². The summed E-state index contributed by atoms with van der Waals surface area (Å²) >= 11 is 0. The molecular weight excluding hydrogens is 439 g/mol. The van der Waals surface area contributed by atoms with Gasteiger partial charge in [0.15, 0.2) is 6.04 Å². The maximum Gasteiger partial charge on any atom is 0.415 e. The van der Waals surface area contributed by atoms with Crippen molar-refractivity contribution in [2.24, 2.45) is 0 Å². The minimum Gasteiger partial charge on any atom is -0.467 e. The molecule has 1 fully saturated rings. The van der Waals surface area contributed by atoms with Gasteiger partial charge in [0.1, 0.15) is 16.9 Å². The summed E-state index contributed by atoms with van der Waals surface area (Å²) < 4.78 is 46.9. The number of carbonyl (C=O) groups excluding carboxylic acids is 2. The molecule has 0 bridgehead atoms. The van der Waals surface area contributed by atoms with E-state index < -0.39 is 40.8 Å². The summed E-state index contributed by atoms with van der Waals surface area (Å²) in [5, 5.41) is 4.44. The van der Waals surface area contributed by atoms with E-state index in [-0.39, 0.29) is 18.2 Å². The number of carbonyl (C=O) groups is 2. The van der Waals surface area contributed by atoms with Gasteiger partial charge in [-0.05, 0) is 30.5 Å². The van der Waals surface area contributed by atoms with Crippen LogP contribution in [-0.4, -0.2) is 22.6 Å². The second kappa shape index (κ2) is 8.97. The van der Waals surface area contributed by atoms with Crippen LogP contribution in [0.3, 0.4) is 0 Å². The van der Waals surface area contributed by atoms with Gasteiger partial charge in [0.05, 0.1) is 6.26 Å². The van der Waals surface area contributed by atoms with Crippen molar-refractivity contribution in [2.45, 2.75) is 37.6 Å². The Morgan fingerprint density at radius 3 is 2.27 bits per heavy atom. The quantitative estimate of drug-likeness (QED) is 0.563. The van der Waals surface area contributed by atoms with Gasteiger partial charge in [-0.15, -0.1) is 0 Å². The minimum atomic E-state index is -4.85. The van der Waals surface area contributed by atoms with E-state index in [0.717, 1.165) is 30.7 Å². The van der Waals surface area contributed by atoms with Gasteiger partial charge < -0.3 is 19.6 Å². The maximum atomic E-state index is 13.5. The van der Waals surface area contributed by atoms with Gasteiger partial charge >= 0.3 is 6.18 Å². The number of rotatable bonds is 7. The van der Waals surface area contributed by atoms with Crippen molar-refractivity contribution in [1.29, 1.82) is 0 Å². The van der Waals surface area contributed by atoms with Crippen molar-refractivity contribution >= 4 is 11.8 Å². The third-order valence-corrected chi connectivity index (χ3v) is 5.23. The first-order valence-electron chi connectivity index (χ1n) is 10.2. The van der Waals surface area contributed by atoms with Crippen LogP contribution in [0.5, 0.6) is 0 Å². The van der Waals surface area contributed by atoms with Gasteiger partial charge in [-0.2, -0.15) is 13.2 Å². The lowest BCUT2D eigenvalue weighted by atomic mass is 10.1. The minimum absolute atomic E-state index is 0.0266. The number of aromatic nitrogens is 1. The fraction of sp³-hybridized carbons (Fsp3) is 0.261. The summed E-state index contributed by atoms with van der Waals surface area (Å²) in [5.41, 5.74) is -1.01. The van der Waals surface area contributed by atoms with Crippen molar-refractivity contribution in [1.82, 2.24) is 15.2 Å². The highest BCUT2D eigenvalue weighted by atomic mass is 19.4. The largest absolute Gasteiger partial charge is 0.467 e. The second-order valence-corrected chi connectivity index (χ2v) is 7.72. The van der Waals surface area contributed by atoms with Crippen LogP contribution < -0.4 is 16.1 Å². The van der Waals surface area contributed by atoms with Gasteiger partial charge in [-0.3, -0.25) is 14.4 Å². The third kappa shape index (κ3) is 5.16. The normalized spacial score (nSPS) is 14.5. The highest BCUT2D eigenvalue weighted by Crippen LogP contribution is 2.35. The second-order valence-electron chi connectivity index (χ2n) is 7.72. The van der Waals surface area contributed by atoms with Crippen LogP contribution in [0.2, 0.25) is 0 Å². The number of halogens is 3. The van der Waals surface area contributed by atoms with E-state index in [1.807, 2.05) is 11.4 Å². The number of hydrogen-bond donors (Lipinski definition) is 2. The molecule has 3 aromatic rings. The molecule has 2 N–H and O–H groups in total. The molecule has 33 heavy (non-hydrogen) atoms. The van der Waals surface area contributed by atoms with Crippen LogP contribution in [0.1, 0.15) is 57.0 Å². The average molecular weight is 459 g/mol. The molecule has 7 nitrogen and oxygen atoms in total. The van der Waals surface area contributed by atoms with E-state index in [2.05, 4.69) is 5.32 Å². The lowest BCUT2D eigenvalue weighted by Crippen LogP contribution is -2.41. The molecule has 172 valence electrons. The number of pyridine rings is 1. The predicted octanol–water partition coefficient (Wildman–Crippen LogP) is 3.74. The SMILES string of the molecule is O=C(NCc1ccccc1)c1cn(C2CC2)cc(C(=O)N[C@H](c2ccco2)C(F)(F)F)c1=O. The highest BCUT2D eigenvalue weighted by Gasteiger charge is 2.44. The predicted molar refractivity (Wildman–Crippen MR) is 112 cm³/mol. The number of nitrogens with one attached hydrogen (secondary N) is 2. The fourth-order valence-electron chi connectivity index (χ4n) is 3.36. The number of hydrogen-bond acceptors (Lipinski definition) is 4. The van der Waals surface area contributed by atoms with E-state index in [4.69, 9.17) is 4.42 Å². The Balaban J connectivity index is 1.62. The van der Waals surface area contributed by atoms with Gasteiger partial charge in [0.2, 0.25) is 5.43 Å². The summed E-state index contributed by atoms with van der Waals surface area (Å²) in [6.45, 7) is 0.146. The van der Waals surface area contributed by atoms with Crippen molar-refractivity contribution in [2.75, 3.05) is 0 Å². The molecule has 10 heteroatoms. The molecule has 0 unspecified atom stereocenters. The van der Waals surface area contributed by atoms with E-state index >= 15 is 0 Å². The van der Waals surface area contributed by atoms with Crippen LogP contribution in [0.4, 0.5) is 13.2 Å². The highest BCUT2D eigenvalue weighted by molar-refractivity contribution is 5.99. The summed E-state index contributed by atoms with van der Waals surface area (Å²) in [6, 6.07) is 8.86. The molecule has 1 saturated carbocycles. The number of furan rings is 1. The summed E-state index contributed by atoms with van der Waals surface area (Å²) in [7, 11) is 0. The van der Waals surface area contributed by atoms with E-state index in [0.29, 0.717) is 0 Å². The Labute approximate surface area is 186 Å². The van der Waals surface area contributed by atoms with Crippen molar-refractivity contribution in [3.05, 3.63) is 93.8 Å². The molecule has 4 rings (SSSR count). The van der Waals surface area contributed by atoms with Crippen LogP contribution >= 0.6 is 0 Å². The molecule has 0 spiro atoms. The molecule has 1 aliphatic carbocycles. The Morgan fingerprint density at radius 1 is 1.03 bits per heavy atom. The molecule has 0 saturated heterocycles. The number of nitrogens with zero attached hydrogens (tertiary/aromatic N) is 1. The Hall–Kier alpha value is -3.82. The van der Waals surface area contributed by atoms with E-state index in [1.54, 1.807) is 24.3 Å². The zero-order valence-electron chi connectivity index (χ0n) is 17.3. The maximum absolute atomic E-state index is 13.5. The van der Waals surface area contributed by atoms with Crippen molar-refractivity contribution < 1.29 is 27.2 Å². The first kappa shape index (κ1) is 22.4. The molecule has 2 aromatic heterocycles. The molecule has 0 aliphatic heterocycles. The average Bonchev–Trinajstić information content (AvgIpc) is 3.50. The zero-order valence-corrected chi connectivity index (χ0v) is 17.3. The summed E-state index contributed by atoms with van der Waals surface area (Å²) in [4.78, 5) is 38.4. The van der Waals surface area contributed by atoms with Gasteiger partial charge in [0, 0.05) is 25.0 Å². The lowest BCUT2D eigenvalue weighted by Gasteiger charge is -2.20. The number of benzene rings is 1. The van der Waals surface area contributed by atoms with Gasteiger partial charge in [-0.25, -0.2) is 0 Å². The van der Waals surface area contributed by atoms with E-state index in [1.165, 1.54) is 23.0 Å². The molecule has 1 aliphatic rings. The number of amides is 2. The monoisotopic (exact) mass is 459 g/mol. The van der Waals surface area contributed by atoms with Crippen molar-refractivity contribution in [3.63, 3.8) is 0 Å². The summed E-state index contributed by atoms with van der Waals surface area (Å²) in [5.74, 6) is -2.48. The summed E-state index contributed by atoms with van der Waals surface area (Å²) in [6.07, 6.45) is 0.272. The van der Waals surface area contributed by atoms with Gasteiger partial charge in [0.25, 0.3) is 11.8 Å². The molecular formula is C23H20F3N3O4. The van der Waals surface area contributed by atoms with Gasteiger partial charge in [-0.1, -0.05) is 30.3 Å². The topological polar surface area (TPSA) is 93.3 Å². The smallest absolute Gasteiger partial charge is 0.415 e. The molecule has 1 aromatic carbocycles. The Morgan fingerprint density at radius 2 is 1.70 bits per heavy atom. The standard InChI is InChI=1S/C23H20F3N3O4/c24-23(25,26)20(18-7-4-10-33-18)28-22(32)17-13-29(15-8-9-15)12-16(19(17)30)21(31)27-11-14-5-2-1-3-6-14/h1-7,10,12-13,15,20H,8-9,11H2,(H,27,31)(H,28,32)/t20-/m1/s1. The third-order valence-electron chi connectivity index (χ3n) is 5.23. The van der Waals surface area contributed by atoms with Crippen LogP contribution in [0.25, 0.3) is 0 Å². The first-order valence-corrected chi connectivity index (χ1v) is 10.2. The molecule has 1 atom stereocenters. The van der Waals surface area contributed by atoms with Crippen LogP contribution in [0, 0.1) is 0 Å². The fourth-order valence-corrected chi connectivity index (χ4v) is 3.36. The lowest BCUT2D eigenvalue weighted by molar-refractivity contribution is -0.159. The zero-order chi connectivity index (χ0) is 23.6. The Kier molecular flexibility index (Phi) is 6.08. The number of alkyl halides is 3. The van der Waals surface area contributed by atoms with Crippen LogP contribution in [-0.2, 0) is 6.54 Å². The molecule has 2 heterocycles. The Bertz CT molecular complexity index is 1200. The molecule has 0 radical (unpaired) electrons. The first-order chi connectivity index (χ1) is 15.7. The van der Waals surface area contributed by atoms with E-state index in [9.17, 15) is 27.6 Å². The van der Waals surface area contributed by atoms with Crippen LogP contribution in [0.15, 0.2) is 70.3 Å². The molecule has 2 amide bonds.